The Kier molecular flexibility index (Phi) is 6.73. The van der Waals surface area contributed by atoms with Crippen molar-refractivity contribution < 1.29 is 10.9 Å². The summed E-state index contributed by atoms with van der Waals surface area (Å²) in [7, 11) is 0. The van der Waals surface area contributed by atoms with Gasteiger partial charge in [-0.3, -0.25) is 0 Å². The normalized spacial score (nSPS) is 16.7. The predicted octanol–water partition coefficient (Wildman–Crippen LogP) is 4.08. The number of aliphatic imine (C=N–C) groups is 1. The summed E-state index contributed by atoms with van der Waals surface area (Å²) in [4.78, 5) is 16.3. The Morgan fingerprint density at radius 3 is 2.45 bits per heavy atom. The van der Waals surface area contributed by atoms with Crippen LogP contribution >= 0.6 is 0 Å². The van der Waals surface area contributed by atoms with Crippen molar-refractivity contribution in [3.63, 3.8) is 0 Å². The number of benzene rings is 1. The van der Waals surface area contributed by atoms with Crippen LogP contribution in [0.3, 0.4) is 0 Å². The Balaban J connectivity index is 2.34. The molecule has 0 atom stereocenters. The summed E-state index contributed by atoms with van der Waals surface area (Å²) in [5, 5.41) is 0. The second kappa shape index (κ2) is 8.55. The first-order valence-corrected chi connectivity index (χ1v) is 14.6. The van der Waals surface area contributed by atoms with E-state index in [9.17, 15) is 4.79 Å². The molecule has 0 aliphatic carbocycles. The van der Waals surface area contributed by atoms with Gasteiger partial charge in [-0.15, -0.1) is 0 Å². The average Bonchev–Trinajstić information content (AvgIpc) is 2.58. The molecule has 0 unspecified atom stereocenters. The molecule has 0 spiro atoms. The van der Waals surface area contributed by atoms with Gasteiger partial charge in [-0.1, -0.05) is 0 Å². The van der Waals surface area contributed by atoms with Gasteiger partial charge in [0.1, 0.15) is 0 Å². The molecule has 1 aromatic rings. The summed E-state index contributed by atoms with van der Waals surface area (Å²) >= 11 is -3.46. The molecule has 120 valence electrons. The van der Waals surface area contributed by atoms with E-state index in [0.29, 0.717) is 0 Å². The van der Waals surface area contributed by atoms with Crippen LogP contribution in [0.15, 0.2) is 29.3 Å². The van der Waals surface area contributed by atoms with Gasteiger partial charge in [-0.2, -0.15) is 0 Å². The van der Waals surface area contributed by atoms with Gasteiger partial charge in [0, 0.05) is 0 Å². The number of fused-ring (bicyclic) bond motifs is 1. The fourth-order valence-electron chi connectivity index (χ4n) is 2.58. The number of para-hydroxylation sites is 1. The fraction of sp³-hybridized carbons (Fsp3) is 0.529. The van der Waals surface area contributed by atoms with Gasteiger partial charge in [0.2, 0.25) is 0 Å². The van der Waals surface area contributed by atoms with E-state index in [1.807, 2.05) is 24.3 Å². The molecule has 0 N–H and O–H groups in total. The minimum absolute atomic E-state index is 0.0919. The molecular weight excluding hydrogens is 385 g/mol. The molecule has 4 nitrogen and oxygen atoms in total. The maximum atomic E-state index is 12.1. The van der Waals surface area contributed by atoms with Crippen molar-refractivity contribution in [1.82, 2.24) is 0 Å². The second-order valence-corrected chi connectivity index (χ2v) is 14.9. The molecule has 0 aromatic heterocycles. The Morgan fingerprint density at radius 2 is 1.77 bits per heavy atom. The molecule has 1 aliphatic heterocycles. The quantitative estimate of drug-likeness (QED) is 0.665. The number of unbranched alkanes of at least 4 members (excludes halogenated alkanes) is 2. The van der Waals surface area contributed by atoms with Gasteiger partial charge in [-0.05, 0) is 0 Å². The monoisotopic (exact) mass is 411 g/mol. The van der Waals surface area contributed by atoms with Crippen LogP contribution in [0.25, 0.3) is 0 Å². The molecule has 0 amide bonds. The zero-order valence-electron chi connectivity index (χ0n) is 13.5. The maximum absolute atomic E-state index is 12.1. The molecule has 1 heterocycles. The number of nitrogens with zero attached hydrogens (tertiary/aromatic N) is 1. The van der Waals surface area contributed by atoms with Crippen LogP contribution in [0, 0.1) is 0 Å². The summed E-state index contributed by atoms with van der Waals surface area (Å²) in [6.45, 7) is 4.41. The second-order valence-electron chi connectivity index (χ2n) is 5.70. The number of rotatable bonds is 6. The number of carbonyl (C=O) groups is 1. The van der Waals surface area contributed by atoms with Crippen molar-refractivity contribution in [2.75, 3.05) is 6.54 Å². The van der Waals surface area contributed by atoms with Crippen LogP contribution in [0.5, 0.6) is 5.75 Å². The van der Waals surface area contributed by atoms with Gasteiger partial charge in [0.15, 0.2) is 0 Å². The first-order chi connectivity index (χ1) is 10.7. The van der Waals surface area contributed by atoms with Crippen LogP contribution in [0.4, 0.5) is 0 Å². The van der Waals surface area contributed by atoms with Crippen molar-refractivity contribution in [2.45, 2.75) is 48.4 Å². The van der Waals surface area contributed by atoms with Crippen molar-refractivity contribution in [2.24, 2.45) is 4.99 Å². The fourth-order valence-corrected chi connectivity index (χ4v) is 12.7. The van der Waals surface area contributed by atoms with E-state index < -0.39 is 19.2 Å². The SMILES string of the molecule is CCC[CH2][Sn]1([CH2]CCC)[O]C(=O)CN=Cc2ccccc2[O]1. The van der Waals surface area contributed by atoms with Gasteiger partial charge in [0.05, 0.1) is 0 Å². The molecule has 1 aromatic carbocycles. The Hall–Kier alpha value is -1.04. The minimum atomic E-state index is -3.46. The molecule has 0 fully saturated rings. The molecule has 0 saturated carbocycles. The first-order valence-electron chi connectivity index (χ1n) is 8.19. The average molecular weight is 410 g/mol. The molecule has 0 bridgehead atoms. The van der Waals surface area contributed by atoms with Crippen LogP contribution in [-0.2, 0) is 7.87 Å². The van der Waals surface area contributed by atoms with Crippen molar-refractivity contribution in [3.8, 4) is 5.75 Å². The van der Waals surface area contributed by atoms with E-state index >= 15 is 0 Å². The first kappa shape index (κ1) is 17.3. The van der Waals surface area contributed by atoms with E-state index in [1.165, 1.54) is 0 Å². The Labute approximate surface area is 137 Å². The molecule has 2 rings (SSSR count). The molecule has 5 heteroatoms. The molecule has 0 saturated heterocycles. The van der Waals surface area contributed by atoms with Gasteiger partial charge >= 0.3 is 138 Å². The van der Waals surface area contributed by atoms with Gasteiger partial charge in [0.25, 0.3) is 0 Å². The standard InChI is InChI=1S/C9H9NO3.2C4H9.Sn/c11-8-4-2-1-3-7(8)5-10-6-9(12)13;2*1-3-4-2;/h1-5,11H,6H2,(H,12,13);2*1,3-4H2,2H3;/q;;;+2/p-2. The van der Waals surface area contributed by atoms with Crippen molar-refractivity contribution >= 4 is 31.4 Å². The summed E-state index contributed by atoms with van der Waals surface area (Å²) in [6, 6.07) is 7.86. The number of carbonyl (C=O) groups excluding carboxylic acids is 1. The topological polar surface area (TPSA) is 47.9 Å². The van der Waals surface area contributed by atoms with E-state index in [4.69, 9.17) is 6.15 Å². The zero-order valence-corrected chi connectivity index (χ0v) is 16.4. The third kappa shape index (κ3) is 4.73. The third-order valence-electron chi connectivity index (χ3n) is 3.79. The van der Waals surface area contributed by atoms with Crippen LogP contribution in [0.2, 0.25) is 8.87 Å². The molecule has 0 radical (unpaired) electrons. The molecule has 22 heavy (non-hydrogen) atoms. The van der Waals surface area contributed by atoms with Crippen molar-refractivity contribution in [1.29, 1.82) is 0 Å². The molecular formula is C17H25NO3Sn. The van der Waals surface area contributed by atoms with E-state index in [0.717, 1.165) is 45.9 Å². The zero-order chi connectivity index (χ0) is 15.8. The van der Waals surface area contributed by atoms with Crippen LogP contribution < -0.4 is 3.07 Å². The Morgan fingerprint density at radius 1 is 1.09 bits per heavy atom. The van der Waals surface area contributed by atoms with Crippen LogP contribution in [-0.4, -0.2) is 37.9 Å². The number of hydrogen-bond donors (Lipinski definition) is 0. The predicted molar refractivity (Wildman–Crippen MR) is 90.8 cm³/mol. The molecule has 1 aliphatic rings. The summed E-state index contributed by atoms with van der Waals surface area (Å²) in [6.07, 6.45) is 6.00. The van der Waals surface area contributed by atoms with Gasteiger partial charge < -0.3 is 0 Å². The third-order valence-corrected chi connectivity index (χ3v) is 13.6. The van der Waals surface area contributed by atoms with E-state index in [2.05, 4.69) is 18.8 Å². The van der Waals surface area contributed by atoms with E-state index in [-0.39, 0.29) is 12.5 Å². The summed E-state index contributed by atoms with van der Waals surface area (Å²) < 4.78 is 14.3. The van der Waals surface area contributed by atoms with Crippen molar-refractivity contribution in [3.05, 3.63) is 29.8 Å². The van der Waals surface area contributed by atoms with E-state index in [1.54, 1.807) is 6.21 Å². The van der Waals surface area contributed by atoms with Crippen LogP contribution in [0.1, 0.15) is 45.1 Å². The van der Waals surface area contributed by atoms with Gasteiger partial charge in [-0.25, -0.2) is 0 Å². The Bertz CT molecular complexity index is 522. The summed E-state index contributed by atoms with van der Waals surface area (Å²) in [5.41, 5.74) is 0.940. The summed E-state index contributed by atoms with van der Waals surface area (Å²) in [5.74, 6) is 0.594. The number of hydrogen-bond acceptors (Lipinski definition) is 4.